The maximum atomic E-state index is 5.77. The number of hydrazine groups is 1. The van der Waals surface area contributed by atoms with E-state index in [-0.39, 0.29) is 0 Å². The van der Waals surface area contributed by atoms with Crippen molar-refractivity contribution < 1.29 is 0 Å². The molecule has 2 nitrogen and oxygen atoms in total. The first-order valence-electron chi connectivity index (χ1n) is 7.67. The van der Waals surface area contributed by atoms with E-state index in [0.29, 0.717) is 6.04 Å². The number of nitrogens with one attached hydrogen (secondary N) is 1. The van der Waals surface area contributed by atoms with Crippen LogP contribution in [0.15, 0.2) is 11.6 Å². The second-order valence-electron chi connectivity index (χ2n) is 5.69. The summed E-state index contributed by atoms with van der Waals surface area (Å²) < 4.78 is 0. The van der Waals surface area contributed by atoms with Crippen molar-refractivity contribution in [1.29, 1.82) is 0 Å². The van der Waals surface area contributed by atoms with Gasteiger partial charge in [0.2, 0.25) is 0 Å². The zero-order valence-electron chi connectivity index (χ0n) is 11.5. The van der Waals surface area contributed by atoms with Crippen LogP contribution in [-0.4, -0.2) is 17.0 Å². The molecule has 1 fully saturated rings. The average molecular weight is 268 g/mol. The van der Waals surface area contributed by atoms with E-state index in [4.69, 9.17) is 5.84 Å². The minimum Gasteiger partial charge on any atom is -0.271 e. The van der Waals surface area contributed by atoms with Gasteiger partial charge in [-0.15, -0.1) is 0 Å². The van der Waals surface area contributed by atoms with Crippen LogP contribution in [0.4, 0.5) is 0 Å². The van der Waals surface area contributed by atoms with Crippen LogP contribution in [0.1, 0.15) is 64.2 Å². The SMILES string of the molecule is NNC(CSC1CCCC1)C1=CCCCCCC1. The molecule has 1 atom stereocenters. The lowest BCUT2D eigenvalue weighted by Crippen LogP contribution is -2.39. The first kappa shape index (κ1) is 14.4. The van der Waals surface area contributed by atoms with Gasteiger partial charge in [0.15, 0.2) is 0 Å². The Kier molecular flexibility index (Phi) is 6.60. The van der Waals surface area contributed by atoms with Gasteiger partial charge in [0.05, 0.1) is 6.04 Å². The van der Waals surface area contributed by atoms with E-state index in [2.05, 4.69) is 23.3 Å². The maximum Gasteiger partial charge on any atom is 0.0510 e. The molecule has 0 aliphatic heterocycles. The van der Waals surface area contributed by atoms with Crippen LogP contribution in [0.25, 0.3) is 0 Å². The van der Waals surface area contributed by atoms with Gasteiger partial charge in [0.25, 0.3) is 0 Å². The minimum atomic E-state index is 0.411. The number of nitrogens with two attached hydrogens (primary N) is 1. The summed E-state index contributed by atoms with van der Waals surface area (Å²) in [6.45, 7) is 0. The van der Waals surface area contributed by atoms with Crippen molar-refractivity contribution in [3.8, 4) is 0 Å². The molecular formula is C15H28N2S. The molecule has 3 heteroatoms. The summed E-state index contributed by atoms with van der Waals surface area (Å²) in [4.78, 5) is 0. The summed E-state index contributed by atoms with van der Waals surface area (Å²) in [7, 11) is 0. The lowest BCUT2D eigenvalue weighted by Gasteiger charge is -2.22. The van der Waals surface area contributed by atoms with E-state index >= 15 is 0 Å². The van der Waals surface area contributed by atoms with Crippen LogP contribution in [0.3, 0.4) is 0 Å². The molecule has 104 valence electrons. The second kappa shape index (κ2) is 8.23. The Bertz CT molecular complexity index is 259. The molecular weight excluding hydrogens is 240 g/mol. The summed E-state index contributed by atoms with van der Waals surface area (Å²) in [6.07, 6.45) is 16.2. The van der Waals surface area contributed by atoms with Crippen molar-refractivity contribution in [3.63, 3.8) is 0 Å². The Labute approximate surface area is 116 Å². The fourth-order valence-electron chi connectivity index (χ4n) is 3.08. The van der Waals surface area contributed by atoms with Crippen molar-refractivity contribution in [2.75, 3.05) is 5.75 Å². The predicted octanol–water partition coefficient (Wildman–Crippen LogP) is 3.77. The van der Waals surface area contributed by atoms with Crippen LogP contribution in [0, 0.1) is 0 Å². The van der Waals surface area contributed by atoms with Gasteiger partial charge in [0.1, 0.15) is 0 Å². The lowest BCUT2D eigenvalue weighted by molar-refractivity contribution is 0.567. The van der Waals surface area contributed by atoms with Crippen molar-refractivity contribution in [2.24, 2.45) is 5.84 Å². The Morgan fingerprint density at radius 2 is 1.94 bits per heavy atom. The predicted molar refractivity (Wildman–Crippen MR) is 81.6 cm³/mol. The van der Waals surface area contributed by atoms with Gasteiger partial charge in [-0.1, -0.05) is 37.3 Å². The average Bonchev–Trinajstić information content (AvgIpc) is 2.84. The molecule has 0 aromatic carbocycles. The number of hydrogen-bond acceptors (Lipinski definition) is 3. The summed E-state index contributed by atoms with van der Waals surface area (Å²) in [5.74, 6) is 6.93. The Morgan fingerprint density at radius 1 is 1.17 bits per heavy atom. The Hall–Kier alpha value is 0.01000. The fourth-order valence-corrected chi connectivity index (χ4v) is 4.52. The second-order valence-corrected chi connectivity index (χ2v) is 7.02. The monoisotopic (exact) mass is 268 g/mol. The van der Waals surface area contributed by atoms with E-state index in [9.17, 15) is 0 Å². The van der Waals surface area contributed by atoms with Crippen molar-refractivity contribution in [3.05, 3.63) is 11.6 Å². The molecule has 0 aromatic heterocycles. The molecule has 18 heavy (non-hydrogen) atoms. The molecule has 0 bridgehead atoms. The highest BCUT2D eigenvalue weighted by Crippen LogP contribution is 2.31. The zero-order valence-corrected chi connectivity index (χ0v) is 12.3. The van der Waals surface area contributed by atoms with Gasteiger partial charge in [-0.25, -0.2) is 0 Å². The van der Waals surface area contributed by atoms with E-state index in [1.54, 1.807) is 5.57 Å². The largest absolute Gasteiger partial charge is 0.271 e. The molecule has 1 saturated carbocycles. The third-order valence-corrected chi connectivity index (χ3v) is 5.74. The summed E-state index contributed by atoms with van der Waals surface area (Å²) in [6, 6.07) is 0.411. The Morgan fingerprint density at radius 3 is 2.72 bits per heavy atom. The zero-order chi connectivity index (χ0) is 12.6. The van der Waals surface area contributed by atoms with Crippen LogP contribution < -0.4 is 11.3 Å². The molecule has 2 rings (SSSR count). The van der Waals surface area contributed by atoms with Crippen LogP contribution >= 0.6 is 11.8 Å². The van der Waals surface area contributed by atoms with Crippen molar-refractivity contribution in [2.45, 2.75) is 75.5 Å². The highest BCUT2D eigenvalue weighted by molar-refractivity contribution is 7.99. The van der Waals surface area contributed by atoms with Crippen molar-refractivity contribution in [1.82, 2.24) is 5.43 Å². The van der Waals surface area contributed by atoms with E-state index in [0.717, 1.165) is 11.0 Å². The van der Waals surface area contributed by atoms with Gasteiger partial charge in [-0.2, -0.15) is 11.8 Å². The molecule has 0 saturated heterocycles. The highest BCUT2D eigenvalue weighted by atomic mass is 32.2. The van der Waals surface area contributed by atoms with Gasteiger partial charge >= 0.3 is 0 Å². The molecule has 0 amide bonds. The normalized spacial score (nSPS) is 24.4. The van der Waals surface area contributed by atoms with Gasteiger partial charge in [0, 0.05) is 11.0 Å². The highest BCUT2D eigenvalue weighted by Gasteiger charge is 2.19. The third-order valence-electron chi connectivity index (χ3n) is 4.28. The van der Waals surface area contributed by atoms with Crippen LogP contribution in [0.5, 0.6) is 0 Å². The van der Waals surface area contributed by atoms with E-state index in [1.165, 1.54) is 64.2 Å². The van der Waals surface area contributed by atoms with E-state index < -0.39 is 0 Å². The molecule has 0 heterocycles. The minimum absolute atomic E-state index is 0.411. The van der Waals surface area contributed by atoms with Crippen LogP contribution in [-0.2, 0) is 0 Å². The summed E-state index contributed by atoms with van der Waals surface area (Å²) in [5.41, 5.74) is 4.63. The molecule has 0 spiro atoms. The molecule has 0 aromatic rings. The summed E-state index contributed by atoms with van der Waals surface area (Å²) in [5, 5.41) is 0.898. The molecule has 2 aliphatic rings. The lowest BCUT2D eigenvalue weighted by atomic mass is 9.96. The molecule has 3 N–H and O–H groups in total. The molecule has 0 radical (unpaired) electrons. The summed E-state index contributed by atoms with van der Waals surface area (Å²) >= 11 is 2.14. The van der Waals surface area contributed by atoms with Gasteiger partial charge in [-0.3, -0.25) is 11.3 Å². The van der Waals surface area contributed by atoms with Crippen LogP contribution in [0.2, 0.25) is 0 Å². The number of thioether (sulfide) groups is 1. The van der Waals surface area contributed by atoms with Crippen molar-refractivity contribution >= 4 is 11.8 Å². The Balaban J connectivity index is 1.81. The number of rotatable bonds is 5. The topological polar surface area (TPSA) is 38.0 Å². The smallest absolute Gasteiger partial charge is 0.0510 e. The fraction of sp³-hybridized carbons (Fsp3) is 0.867. The first-order valence-corrected chi connectivity index (χ1v) is 8.71. The van der Waals surface area contributed by atoms with Gasteiger partial charge < -0.3 is 0 Å². The molecule has 2 aliphatic carbocycles. The van der Waals surface area contributed by atoms with Gasteiger partial charge in [-0.05, 0) is 38.5 Å². The standard InChI is InChI=1S/C15H28N2S/c16-17-15(12-18-14-10-6-7-11-14)13-8-4-2-1-3-5-9-13/h8,14-15,17H,1-7,9-12,16H2. The first-order chi connectivity index (χ1) is 8.90. The quantitative estimate of drug-likeness (QED) is 0.453. The molecule has 1 unspecified atom stereocenters. The number of allylic oxidation sites excluding steroid dienone is 1. The maximum absolute atomic E-state index is 5.77. The third kappa shape index (κ3) is 4.60. The van der Waals surface area contributed by atoms with E-state index in [1.807, 2.05) is 0 Å². The number of hydrogen-bond donors (Lipinski definition) is 2.